The molecule has 0 aliphatic heterocycles. The molecule has 2 aromatic carbocycles. The molecule has 0 saturated heterocycles. The number of esters is 1. The van der Waals surface area contributed by atoms with Crippen LogP contribution in [0, 0.1) is 17.6 Å². The second-order valence-electron chi connectivity index (χ2n) is 5.04. The van der Waals surface area contributed by atoms with Gasteiger partial charge >= 0.3 is 5.97 Å². The summed E-state index contributed by atoms with van der Waals surface area (Å²) in [4.78, 5) is 11.5. The Bertz CT molecular complexity index is 654. The van der Waals surface area contributed by atoms with E-state index in [-0.39, 0.29) is 12.4 Å². The van der Waals surface area contributed by atoms with Crippen LogP contribution in [0.15, 0.2) is 42.5 Å². The molecular weight excluding hydrogens is 290 g/mol. The van der Waals surface area contributed by atoms with Crippen LogP contribution >= 0.6 is 0 Å². The van der Waals surface area contributed by atoms with E-state index in [0.717, 1.165) is 17.7 Å². The van der Waals surface area contributed by atoms with Crippen molar-refractivity contribution >= 4 is 5.97 Å². The van der Waals surface area contributed by atoms with Gasteiger partial charge in [-0.05, 0) is 17.7 Å². The fourth-order valence-electron chi connectivity index (χ4n) is 1.68. The van der Waals surface area contributed by atoms with Gasteiger partial charge in [-0.15, -0.1) is 0 Å². The van der Waals surface area contributed by atoms with Crippen LogP contribution in [0.5, 0.6) is 11.5 Å². The molecular formula is C17H16F2O3. The molecule has 2 rings (SSSR count). The summed E-state index contributed by atoms with van der Waals surface area (Å²) in [6.45, 7) is 3.25. The van der Waals surface area contributed by atoms with Gasteiger partial charge in [0.15, 0.2) is 17.3 Å². The number of benzene rings is 2. The van der Waals surface area contributed by atoms with Crippen molar-refractivity contribution < 1.29 is 23.0 Å². The SMILES string of the molecule is CC(C)C(=O)Oc1ccc(F)c(OCc2ccccc2)c1F. The quantitative estimate of drug-likeness (QED) is 0.616. The average molecular weight is 306 g/mol. The lowest BCUT2D eigenvalue weighted by molar-refractivity contribution is -0.138. The van der Waals surface area contributed by atoms with Crippen molar-refractivity contribution in [1.82, 2.24) is 0 Å². The normalized spacial score (nSPS) is 10.6. The van der Waals surface area contributed by atoms with E-state index < -0.39 is 29.3 Å². The van der Waals surface area contributed by atoms with E-state index in [9.17, 15) is 13.6 Å². The van der Waals surface area contributed by atoms with E-state index in [1.807, 2.05) is 6.07 Å². The van der Waals surface area contributed by atoms with Gasteiger partial charge < -0.3 is 9.47 Å². The Labute approximate surface area is 127 Å². The predicted molar refractivity (Wildman–Crippen MR) is 77.6 cm³/mol. The van der Waals surface area contributed by atoms with Gasteiger partial charge in [-0.2, -0.15) is 4.39 Å². The molecule has 0 amide bonds. The van der Waals surface area contributed by atoms with Gasteiger partial charge in [0, 0.05) is 0 Å². The highest BCUT2D eigenvalue weighted by molar-refractivity contribution is 5.74. The molecule has 0 saturated carbocycles. The molecule has 0 aliphatic rings. The predicted octanol–water partition coefficient (Wildman–Crippen LogP) is 4.11. The lowest BCUT2D eigenvalue weighted by Crippen LogP contribution is -2.16. The van der Waals surface area contributed by atoms with Crippen LogP contribution in [0.2, 0.25) is 0 Å². The van der Waals surface area contributed by atoms with Crippen LogP contribution in [0.25, 0.3) is 0 Å². The van der Waals surface area contributed by atoms with Crippen molar-refractivity contribution in [3.05, 3.63) is 59.7 Å². The third-order valence-electron chi connectivity index (χ3n) is 2.92. The molecule has 2 aromatic rings. The molecule has 22 heavy (non-hydrogen) atoms. The first-order valence-electron chi connectivity index (χ1n) is 6.85. The number of hydrogen-bond acceptors (Lipinski definition) is 3. The first kappa shape index (κ1) is 15.9. The number of halogens is 2. The third-order valence-corrected chi connectivity index (χ3v) is 2.92. The summed E-state index contributed by atoms with van der Waals surface area (Å²) in [5, 5.41) is 0. The van der Waals surface area contributed by atoms with E-state index in [0.29, 0.717) is 0 Å². The van der Waals surface area contributed by atoms with Crippen molar-refractivity contribution in [3.63, 3.8) is 0 Å². The summed E-state index contributed by atoms with van der Waals surface area (Å²) in [6, 6.07) is 11.1. The zero-order valence-corrected chi connectivity index (χ0v) is 12.3. The summed E-state index contributed by atoms with van der Waals surface area (Å²) >= 11 is 0. The first-order valence-corrected chi connectivity index (χ1v) is 6.85. The molecule has 0 spiro atoms. The van der Waals surface area contributed by atoms with Gasteiger partial charge in [0.05, 0.1) is 5.92 Å². The molecule has 0 bridgehead atoms. The first-order chi connectivity index (χ1) is 10.5. The number of hydrogen-bond donors (Lipinski definition) is 0. The van der Waals surface area contributed by atoms with Gasteiger partial charge in [0.25, 0.3) is 0 Å². The molecule has 0 unspecified atom stereocenters. The van der Waals surface area contributed by atoms with Crippen molar-refractivity contribution in [2.75, 3.05) is 0 Å². The Kier molecular flexibility index (Phi) is 5.09. The lowest BCUT2D eigenvalue weighted by Gasteiger charge is -2.12. The Morgan fingerprint density at radius 3 is 2.41 bits per heavy atom. The van der Waals surface area contributed by atoms with E-state index in [1.165, 1.54) is 0 Å². The molecule has 0 atom stereocenters. The second kappa shape index (κ2) is 7.02. The second-order valence-corrected chi connectivity index (χ2v) is 5.04. The molecule has 0 N–H and O–H groups in total. The zero-order valence-electron chi connectivity index (χ0n) is 12.3. The summed E-state index contributed by atoms with van der Waals surface area (Å²) in [6.07, 6.45) is 0. The van der Waals surface area contributed by atoms with Crippen LogP contribution < -0.4 is 9.47 Å². The third kappa shape index (κ3) is 3.81. The topological polar surface area (TPSA) is 35.5 Å². The summed E-state index contributed by atoms with van der Waals surface area (Å²) in [5.41, 5.74) is 0.769. The van der Waals surface area contributed by atoms with E-state index in [4.69, 9.17) is 9.47 Å². The Morgan fingerprint density at radius 1 is 1.09 bits per heavy atom. The van der Waals surface area contributed by atoms with Crippen LogP contribution in [-0.4, -0.2) is 5.97 Å². The van der Waals surface area contributed by atoms with Gasteiger partial charge in [0.1, 0.15) is 6.61 Å². The Hall–Kier alpha value is -2.43. The van der Waals surface area contributed by atoms with Crippen molar-refractivity contribution in [2.45, 2.75) is 20.5 Å². The minimum Gasteiger partial charge on any atom is -0.483 e. The maximum atomic E-state index is 14.2. The van der Waals surface area contributed by atoms with E-state index in [2.05, 4.69) is 0 Å². The van der Waals surface area contributed by atoms with Crippen LogP contribution in [0.3, 0.4) is 0 Å². The fourth-order valence-corrected chi connectivity index (χ4v) is 1.68. The van der Waals surface area contributed by atoms with Gasteiger partial charge in [-0.1, -0.05) is 44.2 Å². The Morgan fingerprint density at radius 2 is 1.77 bits per heavy atom. The van der Waals surface area contributed by atoms with Gasteiger partial charge in [-0.3, -0.25) is 4.79 Å². The minimum atomic E-state index is -1.02. The van der Waals surface area contributed by atoms with Gasteiger partial charge in [-0.25, -0.2) is 4.39 Å². The smallest absolute Gasteiger partial charge is 0.313 e. The fraction of sp³-hybridized carbons (Fsp3) is 0.235. The molecule has 3 nitrogen and oxygen atoms in total. The number of rotatable bonds is 5. The molecule has 0 aliphatic carbocycles. The average Bonchev–Trinajstić information content (AvgIpc) is 2.50. The molecule has 116 valence electrons. The molecule has 0 aromatic heterocycles. The number of ether oxygens (including phenoxy) is 2. The molecule has 0 fully saturated rings. The molecule has 0 heterocycles. The molecule has 0 radical (unpaired) electrons. The maximum Gasteiger partial charge on any atom is 0.313 e. The lowest BCUT2D eigenvalue weighted by atomic mass is 10.2. The number of carbonyl (C=O) groups excluding carboxylic acids is 1. The van der Waals surface area contributed by atoms with Crippen molar-refractivity contribution in [2.24, 2.45) is 5.92 Å². The standard InChI is InChI=1S/C17H16F2O3/c1-11(2)17(20)22-14-9-8-13(18)16(15(14)19)21-10-12-6-4-3-5-7-12/h3-9,11H,10H2,1-2H3. The Balaban J connectivity index is 2.18. The summed E-state index contributed by atoms with van der Waals surface area (Å²) in [5.74, 6) is -3.79. The number of carbonyl (C=O) groups is 1. The summed E-state index contributed by atoms with van der Waals surface area (Å²) in [7, 11) is 0. The van der Waals surface area contributed by atoms with E-state index >= 15 is 0 Å². The monoisotopic (exact) mass is 306 g/mol. The van der Waals surface area contributed by atoms with Crippen LogP contribution in [0.4, 0.5) is 8.78 Å². The highest BCUT2D eigenvalue weighted by Crippen LogP contribution is 2.30. The highest BCUT2D eigenvalue weighted by Gasteiger charge is 2.19. The summed E-state index contributed by atoms with van der Waals surface area (Å²) < 4.78 is 38.0. The van der Waals surface area contributed by atoms with Gasteiger partial charge in [0.2, 0.25) is 5.82 Å². The van der Waals surface area contributed by atoms with Crippen LogP contribution in [0.1, 0.15) is 19.4 Å². The minimum absolute atomic E-state index is 0.0102. The van der Waals surface area contributed by atoms with E-state index in [1.54, 1.807) is 38.1 Å². The highest BCUT2D eigenvalue weighted by atomic mass is 19.1. The van der Waals surface area contributed by atoms with Crippen molar-refractivity contribution in [1.29, 1.82) is 0 Å². The maximum absolute atomic E-state index is 14.2. The largest absolute Gasteiger partial charge is 0.483 e. The van der Waals surface area contributed by atoms with Crippen LogP contribution in [-0.2, 0) is 11.4 Å². The zero-order chi connectivity index (χ0) is 16.1. The van der Waals surface area contributed by atoms with Crippen molar-refractivity contribution in [3.8, 4) is 11.5 Å². The molecule has 5 heteroatoms.